The minimum atomic E-state index is 0.317. The van der Waals surface area contributed by atoms with Crippen molar-refractivity contribution in [3.8, 4) is 5.75 Å². The number of ether oxygens (including phenoxy) is 1. The van der Waals surface area contributed by atoms with Crippen LogP contribution in [0, 0.1) is 0 Å². The number of morpholine rings is 1. The summed E-state index contributed by atoms with van der Waals surface area (Å²) in [6, 6.07) is 7.31. The minimum absolute atomic E-state index is 0.317. The topological polar surface area (TPSA) is 32.7 Å². The Kier molecular flexibility index (Phi) is 4.09. The van der Waals surface area contributed by atoms with Gasteiger partial charge in [0.15, 0.2) is 0 Å². The Morgan fingerprint density at radius 3 is 2.88 bits per heavy atom. The highest BCUT2D eigenvalue weighted by Crippen LogP contribution is 2.22. The molecule has 1 N–H and O–H groups in total. The molecule has 1 fully saturated rings. The van der Waals surface area contributed by atoms with E-state index in [0.717, 1.165) is 25.4 Å². The molecule has 0 bridgehead atoms. The molecule has 88 valence electrons. The Hall–Kier alpha value is -0.710. The van der Waals surface area contributed by atoms with E-state index in [9.17, 15) is 0 Å². The van der Waals surface area contributed by atoms with Crippen LogP contribution in [0.4, 0.5) is 0 Å². The van der Waals surface area contributed by atoms with E-state index in [-0.39, 0.29) is 0 Å². The van der Waals surface area contributed by atoms with Gasteiger partial charge in [-0.1, -0.05) is 0 Å². The van der Waals surface area contributed by atoms with E-state index in [1.54, 1.807) is 23.9 Å². The molecular formula is C12H17NO2S. The molecule has 1 heterocycles. The van der Waals surface area contributed by atoms with Gasteiger partial charge in [0.25, 0.3) is 0 Å². The molecule has 0 spiro atoms. The van der Waals surface area contributed by atoms with E-state index >= 15 is 0 Å². The molecular weight excluding hydrogens is 222 g/mol. The quantitative estimate of drug-likeness (QED) is 0.816. The van der Waals surface area contributed by atoms with Gasteiger partial charge in [0.05, 0.1) is 12.7 Å². The van der Waals surface area contributed by atoms with E-state index in [4.69, 9.17) is 9.84 Å². The molecule has 1 aromatic rings. The van der Waals surface area contributed by atoms with Gasteiger partial charge in [0.1, 0.15) is 5.75 Å². The number of phenolic OH excluding ortho intramolecular Hbond substituents is 1. The van der Waals surface area contributed by atoms with Gasteiger partial charge in [0.2, 0.25) is 0 Å². The minimum Gasteiger partial charge on any atom is -0.508 e. The monoisotopic (exact) mass is 239 g/mol. The van der Waals surface area contributed by atoms with Crippen molar-refractivity contribution in [3.63, 3.8) is 0 Å². The highest BCUT2D eigenvalue weighted by atomic mass is 32.2. The predicted molar refractivity (Wildman–Crippen MR) is 66.1 cm³/mol. The molecule has 4 heteroatoms. The van der Waals surface area contributed by atoms with Crippen LogP contribution in [0.15, 0.2) is 29.2 Å². The summed E-state index contributed by atoms with van der Waals surface area (Å²) in [5.74, 6) is 1.28. The Bertz CT molecular complexity index is 328. The van der Waals surface area contributed by atoms with Crippen molar-refractivity contribution in [1.29, 1.82) is 0 Å². The van der Waals surface area contributed by atoms with Gasteiger partial charge in [0, 0.05) is 23.7 Å². The molecule has 1 saturated heterocycles. The number of likely N-dealkylation sites (N-methyl/N-ethyl adjacent to an activating group) is 1. The molecule has 0 aromatic heterocycles. The van der Waals surface area contributed by atoms with Gasteiger partial charge >= 0.3 is 0 Å². The first-order chi connectivity index (χ1) is 7.74. The molecule has 0 aliphatic carbocycles. The number of hydrogen-bond donors (Lipinski definition) is 1. The van der Waals surface area contributed by atoms with Crippen molar-refractivity contribution in [3.05, 3.63) is 24.3 Å². The second-order valence-corrected chi connectivity index (χ2v) is 5.15. The first-order valence-corrected chi connectivity index (χ1v) is 6.44. The number of phenols is 1. The van der Waals surface area contributed by atoms with Crippen LogP contribution in [0.2, 0.25) is 0 Å². The molecule has 1 unspecified atom stereocenters. The third-order valence-corrected chi connectivity index (χ3v) is 3.76. The van der Waals surface area contributed by atoms with Crippen molar-refractivity contribution in [2.45, 2.75) is 11.0 Å². The molecule has 1 aliphatic rings. The Balaban J connectivity index is 1.80. The van der Waals surface area contributed by atoms with E-state index in [1.807, 2.05) is 12.1 Å². The van der Waals surface area contributed by atoms with Gasteiger partial charge in [-0.15, -0.1) is 11.8 Å². The van der Waals surface area contributed by atoms with Gasteiger partial charge < -0.3 is 14.7 Å². The van der Waals surface area contributed by atoms with Crippen molar-refractivity contribution >= 4 is 11.8 Å². The normalized spacial score (nSPS) is 22.2. The highest BCUT2D eigenvalue weighted by molar-refractivity contribution is 7.99. The highest BCUT2D eigenvalue weighted by Gasteiger charge is 2.17. The van der Waals surface area contributed by atoms with Crippen LogP contribution in [0.3, 0.4) is 0 Å². The zero-order valence-electron chi connectivity index (χ0n) is 9.43. The Morgan fingerprint density at radius 2 is 2.19 bits per heavy atom. The maximum atomic E-state index is 9.17. The van der Waals surface area contributed by atoms with Crippen LogP contribution in [0.25, 0.3) is 0 Å². The maximum Gasteiger partial charge on any atom is 0.115 e. The predicted octanol–water partition coefficient (Wildman–Crippen LogP) is 1.81. The second-order valence-electron chi connectivity index (χ2n) is 4.06. The SMILES string of the molecule is CN1CCOC(CSc2ccc(O)cc2)C1. The smallest absolute Gasteiger partial charge is 0.115 e. The molecule has 16 heavy (non-hydrogen) atoms. The fourth-order valence-electron chi connectivity index (χ4n) is 1.70. The molecule has 1 aliphatic heterocycles. The van der Waals surface area contributed by atoms with Gasteiger partial charge in [-0.05, 0) is 31.3 Å². The molecule has 0 saturated carbocycles. The van der Waals surface area contributed by atoms with Gasteiger partial charge in [-0.2, -0.15) is 0 Å². The van der Waals surface area contributed by atoms with Crippen LogP contribution >= 0.6 is 11.8 Å². The number of nitrogens with zero attached hydrogens (tertiary/aromatic N) is 1. The van der Waals surface area contributed by atoms with Crippen LogP contribution in [0.1, 0.15) is 0 Å². The summed E-state index contributed by atoms with van der Waals surface area (Å²) in [5, 5.41) is 9.17. The fourth-order valence-corrected chi connectivity index (χ4v) is 2.61. The molecule has 0 amide bonds. The molecule has 1 aromatic carbocycles. The standard InChI is InChI=1S/C12H17NO2S/c1-13-6-7-15-11(8-13)9-16-12-4-2-10(14)3-5-12/h2-5,11,14H,6-9H2,1H3. The third kappa shape index (κ3) is 3.40. The van der Waals surface area contributed by atoms with Gasteiger partial charge in [-0.25, -0.2) is 0 Å². The third-order valence-electron chi connectivity index (χ3n) is 2.61. The number of benzene rings is 1. The van der Waals surface area contributed by atoms with E-state index in [2.05, 4.69) is 11.9 Å². The summed E-state index contributed by atoms with van der Waals surface area (Å²) in [6.45, 7) is 2.86. The zero-order valence-corrected chi connectivity index (χ0v) is 10.2. The van der Waals surface area contributed by atoms with Crippen molar-refractivity contribution in [1.82, 2.24) is 4.90 Å². The van der Waals surface area contributed by atoms with Crippen LogP contribution in [0.5, 0.6) is 5.75 Å². The largest absolute Gasteiger partial charge is 0.508 e. The summed E-state index contributed by atoms with van der Waals surface area (Å²) < 4.78 is 5.68. The number of thioether (sulfide) groups is 1. The van der Waals surface area contributed by atoms with Crippen LogP contribution < -0.4 is 0 Å². The van der Waals surface area contributed by atoms with Gasteiger partial charge in [-0.3, -0.25) is 0 Å². The lowest BCUT2D eigenvalue weighted by Crippen LogP contribution is -2.41. The Labute approximate surface area is 100 Å². The van der Waals surface area contributed by atoms with Crippen molar-refractivity contribution < 1.29 is 9.84 Å². The summed E-state index contributed by atoms with van der Waals surface area (Å²) in [7, 11) is 2.13. The first kappa shape index (κ1) is 11.8. The second kappa shape index (κ2) is 5.57. The number of rotatable bonds is 3. The summed E-state index contributed by atoms with van der Waals surface area (Å²) in [6.07, 6.45) is 0.317. The summed E-state index contributed by atoms with van der Waals surface area (Å²) >= 11 is 1.77. The number of hydrogen-bond acceptors (Lipinski definition) is 4. The molecule has 3 nitrogen and oxygen atoms in total. The Morgan fingerprint density at radius 1 is 1.44 bits per heavy atom. The lowest BCUT2D eigenvalue weighted by molar-refractivity contribution is -0.00598. The average Bonchev–Trinajstić information content (AvgIpc) is 2.28. The van der Waals surface area contributed by atoms with E-state index in [0.29, 0.717) is 11.9 Å². The molecule has 1 atom stereocenters. The average molecular weight is 239 g/mol. The number of aromatic hydroxyl groups is 1. The van der Waals surface area contributed by atoms with E-state index in [1.165, 1.54) is 4.90 Å². The zero-order chi connectivity index (χ0) is 11.4. The van der Waals surface area contributed by atoms with Crippen LogP contribution in [-0.2, 0) is 4.74 Å². The first-order valence-electron chi connectivity index (χ1n) is 5.46. The molecule has 0 radical (unpaired) electrons. The van der Waals surface area contributed by atoms with Crippen molar-refractivity contribution in [2.75, 3.05) is 32.5 Å². The molecule has 2 rings (SSSR count). The summed E-state index contributed by atoms with van der Waals surface area (Å²) in [4.78, 5) is 3.47. The van der Waals surface area contributed by atoms with E-state index < -0.39 is 0 Å². The van der Waals surface area contributed by atoms with Crippen molar-refractivity contribution in [2.24, 2.45) is 0 Å². The lowest BCUT2D eigenvalue weighted by Gasteiger charge is -2.29. The van der Waals surface area contributed by atoms with Crippen LogP contribution in [-0.4, -0.2) is 48.6 Å². The summed E-state index contributed by atoms with van der Waals surface area (Å²) in [5.41, 5.74) is 0. The maximum absolute atomic E-state index is 9.17. The lowest BCUT2D eigenvalue weighted by atomic mass is 10.3. The fraction of sp³-hybridized carbons (Fsp3) is 0.500.